The van der Waals surface area contributed by atoms with E-state index in [1.807, 2.05) is 0 Å². The van der Waals surface area contributed by atoms with Crippen LogP contribution >= 0.6 is 0 Å². The van der Waals surface area contributed by atoms with Gasteiger partial charge in [-0.05, 0) is 117 Å². The fourth-order valence-corrected chi connectivity index (χ4v) is 10.9. The molecule has 12 aromatic rings. The summed E-state index contributed by atoms with van der Waals surface area (Å²) in [7, 11) is 0. The Hall–Kier alpha value is -7.56. The van der Waals surface area contributed by atoms with E-state index in [1.165, 1.54) is 54.6 Å². The molecule has 2 aromatic heterocycles. The van der Waals surface area contributed by atoms with Gasteiger partial charge in [0, 0.05) is 43.7 Å². The van der Waals surface area contributed by atoms with Gasteiger partial charge in [-0.15, -0.1) is 0 Å². The second-order valence-corrected chi connectivity index (χ2v) is 18.5. The van der Waals surface area contributed by atoms with Crippen molar-refractivity contribution in [1.29, 1.82) is 0 Å². The number of hydrogen-bond acceptors (Lipinski definition) is 4. The van der Waals surface area contributed by atoms with Crippen LogP contribution < -0.4 is 9.80 Å². The lowest BCUT2D eigenvalue weighted by molar-refractivity contribution is 0.663. The van der Waals surface area contributed by atoms with E-state index in [-0.39, 0.29) is 11.8 Å². The van der Waals surface area contributed by atoms with E-state index in [9.17, 15) is 0 Å². The van der Waals surface area contributed by atoms with Crippen LogP contribution in [0.25, 0.3) is 76.2 Å². The van der Waals surface area contributed by atoms with Crippen molar-refractivity contribution < 1.29 is 8.83 Å². The summed E-state index contributed by atoms with van der Waals surface area (Å²) in [6.45, 7) is 13.7. The van der Waals surface area contributed by atoms with Crippen molar-refractivity contribution >= 4 is 110 Å². The second kappa shape index (κ2) is 15.6. The average molecular weight is 857 g/mol. The molecule has 2 heterocycles. The molecule has 0 aliphatic rings. The Morgan fingerprint density at radius 2 is 0.712 bits per heavy atom. The predicted octanol–water partition coefficient (Wildman–Crippen LogP) is 18.7. The first-order chi connectivity index (χ1) is 32.3. The third-order valence-electron chi connectivity index (χ3n) is 14.1. The van der Waals surface area contributed by atoms with Gasteiger partial charge in [0.05, 0.1) is 22.7 Å². The van der Waals surface area contributed by atoms with Gasteiger partial charge in [0.15, 0.2) is 11.2 Å². The van der Waals surface area contributed by atoms with Crippen LogP contribution in [0.1, 0.15) is 75.6 Å². The number of furan rings is 2. The van der Waals surface area contributed by atoms with Gasteiger partial charge >= 0.3 is 0 Å². The van der Waals surface area contributed by atoms with E-state index in [0.717, 1.165) is 90.8 Å². The Bertz CT molecular complexity index is 3550. The van der Waals surface area contributed by atoms with Gasteiger partial charge in [0.1, 0.15) is 11.2 Å². The van der Waals surface area contributed by atoms with Crippen molar-refractivity contribution in [3.05, 3.63) is 192 Å². The number of rotatable bonds is 10. The molecule has 4 nitrogen and oxygen atoms in total. The maximum absolute atomic E-state index is 7.01. The van der Waals surface area contributed by atoms with Gasteiger partial charge < -0.3 is 18.6 Å². The van der Waals surface area contributed by atoms with Crippen LogP contribution in [-0.2, 0) is 12.8 Å². The SMILES string of the molecule is CCc1cccc2c1oc1c(N(c3ccccc3)c3cc(C(C)C)c4ccc5c(N(c6ccccc6)c6cccc7c6oc6c(CC)cccc67)cc(C(C)C)c6ccc3c4c65)cccc12. The summed E-state index contributed by atoms with van der Waals surface area (Å²) in [6.07, 6.45) is 1.80. The van der Waals surface area contributed by atoms with Crippen molar-refractivity contribution in [2.45, 2.75) is 66.2 Å². The molecule has 0 N–H and O–H groups in total. The summed E-state index contributed by atoms with van der Waals surface area (Å²) in [5.74, 6) is 0.507. The quantitative estimate of drug-likeness (QED) is 0.128. The first kappa shape index (κ1) is 40.0. The summed E-state index contributed by atoms with van der Waals surface area (Å²) in [5.41, 5.74) is 15.2. The summed E-state index contributed by atoms with van der Waals surface area (Å²) < 4.78 is 14.0. The molecular weight excluding hydrogens is 805 g/mol. The van der Waals surface area contributed by atoms with Crippen LogP contribution in [0.4, 0.5) is 34.1 Å². The molecule has 4 heteroatoms. The number of benzene rings is 10. The van der Waals surface area contributed by atoms with E-state index in [0.29, 0.717) is 0 Å². The fourth-order valence-electron chi connectivity index (χ4n) is 10.9. The fraction of sp³-hybridized carbons (Fsp3) is 0.161. The van der Waals surface area contributed by atoms with Crippen LogP contribution in [0.5, 0.6) is 0 Å². The van der Waals surface area contributed by atoms with Crippen molar-refractivity contribution in [2.75, 3.05) is 9.80 Å². The minimum absolute atomic E-state index is 0.253. The highest BCUT2D eigenvalue weighted by molar-refractivity contribution is 6.30. The minimum Gasteiger partial charge on any atom is -0.454 e. The summed E-state index contributed by atoms with van der Waals surface area (Å²) in [4.78, 5) is 4.89. The monoisotopic (exact) mass is 856 g/mol. The van der Waals surface area contributed by atoms with Gasteiger partial charge in [-0.3, -0.25) is 0 Å². The zero-order valence-corrected chi connectivity index (χ0v) is 38.4. The third-order valence-corrected chi connectivity index (χ3v) is 14.1. The molecule has 322 valence electrons. The number of anilines is 6. The zero-order valence-electron chi connectivity index (χ0n) is 38.4. The van der Waals surface area contributed by atoms with E-state index in [2.05, 4.69) is 221 Å². The number of fused-ring (bicyclic) bond motifs is 6. The van der Waals surface area contributed by atoms with Gasteiger partial charge in [0.25, 0.3) is 0 Å². The lowest BCUT2D eigenvalue weighted by Crippen LogP contribution is -2.13. The first-order valence-corrected chi connectivity index (χ1v) is 23.7. The zero-order chi connectivity index (χ0) is 44.8. The molecule has 0 spiro atoms. The van der Waals surface area contributed by atoms with Crippen LogP contribution in [0.2, 0.25) is 0 Å². The Labute approximate surface area is 385 Å². The van der Waals surface area contributed by atoms with E-state index < -0.39 is 0 Å². The number of nitrogens with zero attached hydrogens (tertiary/aromatic N) is 2. The molecule has 12 rings (SSSR count). The maximum atomic E-state index is 7.01. The number of aryl methyl sites for hydroxylation is 2. The van der Waals surface area contributed by atoms with Crippen LogP contribution in [-0.4, -0.2) is 0 Å². The van der Waals surface area contributed by atoms with Gasteiger partial charge in [-0.1, -0.05) is 163 Å². The molecule has 0 amide bonds. The molecule has 0 aliphatic heterocycles. The number of para-hydroxylation sites is 6. The summed E-state index contributed by atoms with van der Waals surface area (Å²) in [5, 5.41) is 12.1. The van der Waals surface area contributed by atoms with Gasteiger partial charge in [0.2, 0.25) is 0 Å². The van der Waals surface area contributed by atoms with Crippen molar-refractivity contribution in [2.24, 2.45) is 0 Å². The largest absolute Gasteiger partial charge is 0.454 e. The van der Waals surface area contributed by atoms with E-state index in [4.69, 9.17) is 8.83 Å². The second-order valence-electron chi connectivity index (χ2n) is 18.5. The summed E-state index contributed by atoms with van der Waals surface area (Å²) >= 11 is 0. The molecule has 66 heavy (non-hydrogen) atoms. The minimum atomic E-state index is 0.253. The average Bonchev–Trinajstić information content (AvgIpc) is 3.94. The standard InChI is InChI=1S/C62H52N2O2/c1-7-39-19-15-25-45-47-27-17-29-53(61(47)65-59(39)45)63(41-21-11-9-12-22-41)55-35-51(37(3)4)43-32-34-50-56(36-52(38(5)6)44-31-33-49(55)57(43)58(44)50)64(42-23-13-10-14-24-42)54-30-18-28-48-46-26-16-20-40(8-2)60(46)66-62(48)54/h9-38H,7-8H2,1-6H3. The summed E-state index contributed by atoms with van der Waals surface area (Å²) in [6, 6.07) is 62.4. The van der Waals surface area contributed by atoms with Crippen LogP contribution in [0.3, 0.4) is 0 Å². The maximum Gasteiger partial charge on any atom is 0.159 e. The highest BCUT2D eigenvalue weighted by Crippen LogP contribution is 2.53. The lowest BCUT2D eigenvalue weighted by Gasteiger charge is -2.31. The van der Waals surface area contributed by atoms with Crippen LogP contribution in [0, 0.1) is 0 Å². The smallest absolute Gasteiger partial charge is 0.159 e. The van der Waals surface area contributed by atoms with E-state index >= 15 is 0 Å². The molecule has 10 aromatic carbocycles. The molecule has 0 fully saturated rings. The lowest BCUT2D eigenvalue weighted by atomic mass is 9.84. The molecule has 0 saturated carbocycles. The molecule has 0 atom stereocenters. The Kier molecular flexibility index (Phi) is 9.43. The van der Waals surface area contributed by atoms with Gasteiger partial charge in [-0.25, -0.2) is 0 Å². The molecule has 0 radical (unpaired) electrons. The third kappa shape index (κ3) is 5.97. The van der Waals surface area contributed by atoms with Crippen molar-refractivity contribution in [1.82, 2.24) is 0 Å². The number of hydrogen-bond donors (Lipinski definition) is 0. The molecule has 0 aliphatic carbocycles. The Morgan fingerprint density at radius 1 is 0.348 bits per heavy atom. The predicted molar refractivity (Wildman–Crippen MR) is 281 cm³/mol. The van der Waals surface area contributed by atoms with Gasteiger partial charge in [-0.2, -0.15) is 0 Å². The highest BCUT2D eigenvalue weighted by atomic mass is 16.3. The molecule has 0 saturated heterocycles. The Morgan fingerprint density at radius 3 is 1.09 bits per heavy atom. The van der Waals surface area contributed by atoms with E-state index in [1.54, 1.807) is 0 Å². The van der Waals surface area contributed by atoms with Crippen molar-refractivity contribution in [3.8, 4) is 0 Å². The van der Waals surface area contributed by atoms with Crippen LogP contribution in [0.15, 0.2) is 179 Å². The normalized spacial score (nSPS) is 12.2. The molecular formula is C62H52N2O2. The first-order valence-electron chi connectivity index (χ1n) is 23.7. The highest BCUT2D eigenvalue weighted by Gasteiger charge is 2.28. The Balaban J connectivity index is 1.20. The molecule has 0 unspecified atom stereocenters. The van der Waals surface area contributed by atoms with Crippen molar-refractivity contribution in [3.63, 3.8) is 0 Å². The molecule has 0 bridgehead atoms. The topological polar surface area (TPSA) is 32.8 Å².